The van der Waals surface area contributed by atoms with Crippen LogP contribution in [0.4, 0.5) is 0 Å². The van der Waals surface area contributed by atoms with Crippen molar-refractivity contribution in [2.75, 3.05) is 0 Å². The van der Waals surface area contributed by atoms with Crippen molar-refractivity contribution in [3.8, 4) is 16.9 Å². The van der Waals surface area contributed by atoms with E-state index in [4.69, 9.17) is 9.84 Å². The van der Waals surface area contributed by atoms with Gasteiger partial charge in [-0.2, -0.15) is 0 Å². The molecule has 2 aromatic carbocycles. The smallest absolute Gasteiger partial charge is 0.335 e. The Bertz CT molecular complexity index is 608. The van der Waals surface area contributed by atoms with Crippen LogP contribution in [0.1, 0.15) is 15.9 Å². The van der Waals surface area contributed by atoms with E-state index < -0.39 is 5.97 Å². The van der Waals surface area contributed by atoms with Crippen molar-refractivity contribution >= 4 is 18.4 Å². The summed E-state index contributed by atoms with van der Waals surface area (Å²) in [5.74, 6) is -0.0604. The van der Waals surface area contributed by atoms with E-state index in [9.17, 15) is 4.79 Å². The van der Waals surface area contributed by atoms with Gasteiger partial charge in [-0.15, -0.1) is 12.4 Å². The lowest BCUT2D eigenvalue weighted by molar-refractivity contribution is 0.0696. The molecular weight excluding hydrogens is 252 g/mol. The Hall–Kier alpha value is -2.00. The predicted molar refractivity (Wildman–Crippen MR) is 70.4 cm³/mol. The third-order valence-corrected chi connectivity index (χ3v) is 2.91. The van der Waals surface area contributed by atoms with Crippen LogP contribution in [0.3, 0.4) is 0 Å². The van der Waals surface area contributed by atoms with Crippen molar-refractivity contribution in [3.63, 3.8) is 0 Å². The van der Waals surface area contributed by atoms with Crippen LogP contribution < -0.4 is 4.74 Å². The number of carboxylic acid groups (broad SMARTS) is 1. The molecule has 0 saturated heterocycles. The Morgan fingerprint density at radius 2 is 1.89 bits per heavy atom. The molecule has 0 unspecified atom stereocenters. The maximum absolute atomic E-state index is 10.9. The van der Waals surface area contributed by atoms with Crippen LogP contribution in [0.5, 0.6) is 5.75 Å². The molecule has 0 radical (unpaired) electrons. The molecule has 1 aliphatic rings. The molecule has 0 bridgehead atoms. The summed E-state index contributed by atoms with van der Waals surface area (Å²) in [5.41, 5.74) is 3.29. The fraction of sp³-hybridized carbons (Fsp3) is 0.0714. The molecule has 1 heterocycles. The monoisotopic (exact) mass is 262 g/mol. The van der Waals surface area contributed by atoms with Crippen LogP contribution in [0, 0.1) is 0 Å². The number of carboxylic acids is 1. The van der Waals surface area contributed by atoms with Gasteiger partial charge >= 0.3 is 5.97 Å². The molecule has 0 saturated carbocycles. The van der Waals surface area contributed by atoms with Gasteiger partial charge in [0.1, 0.15) is 12.4 Å². The molecule has 0 aromatic heterocycles. The summed E-state index contributed by atoms with van der Waals surface area (Å²) >= 11 is 0. The van der Waals surface area contributed by atoms with Crippen molar-refractivity contribution < 1.29 is 14.6 Å². The minimum atomic E-state index is -0.911. The lowest BCUT2D eigenvalue weighted by Gasteiger charge is -2.20. The van der Waals surface area contributed by atoms with Crippen molar-refractivity contribution in [1.29, 1.82) is 0 Å². The average molecular weight is 263 g/mol. The van der Waals surface area contributed by atoms with Gasteiger partial charge in [0, 0.05) is 5.56 Å². The van der Waals surface area contributed by atoms with Gasteiger partial charge in [-0.05, 0) is 29.3 Å². The van der Waals surface area contributed by atoms with Gasteiger partial charge in [0.15, 0.2) is 0 Å². The highest BCUT2D eigenvalue weighted by Crippen LogP contribution is 2.37. The zero-order chi connectivity index (χ0) is 11.8. The van der Waals surface area contributed by atoms with Crippen molar-refractivity contribution in [1.82, 2.24) is 0 Å². The van der Waals surface area contributed by atoms with Crippen LogP contribution in [-0.4, -0.2) is 11.1 Å². The highest BCUT2D eigenvalue weighted by atomic mass is 35.5. The van der Waals surface area contributed by atoms with Crippen molar-refractivity contribution in [2.24, 2.45) is 0 Å². The molecule has 18 heavy (non-hydrogen) atoms. The maximum atomic E-state index is 10.9. The lowest BCUT2D eigenvalue weighted by atomic mass is 9.95. The molecule has 1 N–H and O–H groups in total. The predicted octanol–water partition coefficient (Wildman–Crippen LogP) is 3.37. The summed E-state index contributed by atoms with van der Waals surface area (Å²) in [4.78, 5) is 10.9. The van der Waals surface area contributed by atoms with Crippen molar-refractivity contribution in [2.45, 2.75) is 6.61 Å². The molecular formula is C14H11ClO3. The standard InChI is InChI=1S/C14H10O3.ClH/c15-14(16)9-5-6-11-10(7-9)8-17-13-4-2-1-3-12(11)13;/h1-7H,8H2,(H,15,16);1H. The largest absolute Gasteiger partial charge is 0.488 e. The second kappa shape index (κ2) is 4.70. The van der Waals surface area contributed by atoms with E-state index >= 15 is 0 Å². The van der Waals surface area contributed by atoms with Crippen LogP contribution >= 0.6 is 12.4 Å². The average Bonchev–Trinajstić information content (AvgIpc) is 2.38. The van der Waals surface area contributed by atoms with Crippen LogP contribution in [0.25, 0.3) is 11.1 Å². The fourth-order valence-electron chi connectivity index (χ4n) is 2.08. The summed E-state index contributed by atoms with van der Waals surface area (Å²) in [6, 6.07) is 12.9. The highest BCUT2D eigenvalue weighted by molar-refractivity contribution is 5.89. The van der Waals surface area contributed by atoms with Gasteiger partial charge in [0.25, 0.3) is 0 Å². The number of aromatic carboxylic acids is 1. The molecule has 1 aliphatic heterocycles. The van der Waals surface area contributed by atoms with Crippen LogP contribution in [0.15, 0.2) is 42.5 Å². The molecule has 0 spiro atoms. The second-order valence-corrected chi connectivity index (χ2v) is 3.96. The number of hydrogen-bond donors (Lipinski definition) is 1. The normalized spacial score (nSPS) is 11.6. The Morgan fingerprint density at radius 1 is 1.11 bits per heavy atom. The zero-order valence-electron chi connectivity index (χ0n) is 9.42. The Kier molecular flexibility index (Phi) is 3.26. The van der Waals surface area contributed by atoms with E-state index in [1.807, 2.05) is 30.3 Å². The third kappa shape index (κ3) is 1.93. The van der Waals surface area contributed by atoms with E-state index in [-0.39, 0.29) is 12.4 Å². The quantitative estimate of drug-likeness (QED) is 0.857. The number of ether oxygens (including phenoxy) is 1. The van der Waals surface area contributed by atoms with Gasteiger partial charge in [-0.25, -0.2) is 4.79 Å². The fourth-order valence-corrected chi connectivity index (χ4v) is 2.08. The third-order valence-electron chi connectivity index (χ3n) is 2.91. The van der Waals surface area contributed by atoms with Crippen molar-refractivity contribution in [3.05, 3.63) is 53.6 Å². The number of hydrogen-bond acceptors (Lipinski definition) is 2. The first kappa shape index (κ1) is 12.5. The first-order chi connectivity index (χ1) is 8.25. The van der Waals surface area contributed by atoms with Gasteiger partial charge < -0.3 is 9.84 Å². The zero-order valence-corrected chi connectivity index (χ0v) is 10.2. The van der Waals surface area contributed by atoms with E-state index in [1.165, 1.54) is 0 Å². The number of halogens is 1. The summed E-state index contributed by atoms with van der Waals surface area (Å²) < 4.78 is 5.59. The Labute approximate surface area is 110 Å². The van der Waals surface area contributed by atoms with E-state index in [0.29, 0.717) is 12.2 Å². The number of carbonyl (C=O) groups is 1. The van der Waals surface area contributed by atoms with E-state index in [1.54, 1.807) is 12.1 Å². The SMILES string of the molecule is Cl.O=C(O)c1ccc2c(c1)COc1ccccc1-2. The summed E-state index contributed by atoms with van der Waals surface area (Å²) in [5, 5.41) is 8.94. The number of benzene rings is 2. The van der Waals surface area contributed by atoms with E-state index in [2.05, 4.69) is 0 Å². The lowest BCUT2D eigenvalue weighted by Crippen LogP contribution is -2.07. The minimum Gasteiger partial charge on any atom is -0.488 e. The summed E-state index contributed by atoms with van der Waals surface area (Å²) in [7, 11) is 0. The van der Waals surface area contributed by atoms with E-state index in [0.717, 1.165) is 22.4 Å². The second-order valence-electron chi connectivity index (χ2n) is 3.96. The first-order valence-corrected chi connectivity index (χ1v) is 5.34. The first-order valence-electron chi connectivity index (χ1n) is 5.34. The van der Waals surface area contributed by atoms with Gasteiger partial charge in [0.2, 0.25) is 0 Å². The molecule has 3 rings (SSSR count). The molecule has 0 atom stereocenters. The summed E-state index contributed by atoms with van der Waals surface area (Å²) in [6.45, 7) is 0.424. The molecule has 0 aliphatic carbocycles. The highest BCUT2D eigenvalue weighted by Gasteiger charge is 2.17. The number of fused-ring (bicyclic) bond motifs is 3. The van der Waals surface area contributed by atoms with Gasteiger partial charge in [-0.1, -0.05) is 24.3 Å². The molecule has 0 fully saturated rings. The molecule has 4 heteroatoms. The topological polar surface area (TPSA) is 46.5 Å². The summed E-state index contributed by atoms with van der Waals surface area (Å²) in [6.07, 6.45) is 0. The molecule has 92 valence electrons. The number of rotatable bonds is 1. The molecule has 2 aromatic rings. The van der Waals surface area contributed by atoms with Gasteiger partial charge in [0.05, 0.1) is 5.56 Å². The maximum Gasteiger partial charge on any atom is 0.335 e. The minimum absolute atomic E-state index is 0. The Balaban J connectivity index is 0.00000120. The number of para-hydroxylation sites is 1. The van der Waals surface area contributed by atoms with Gasteiger partial charge in [-0.3, -0.25) is 0 Å². The van der Waals surface area contributed by atoms with Crippen LogP contribution in [0.2, 0.25) is 0 Å². The van der Waals surface area contributed by atoms with Crippen LogP contribution in [-0.2, 0) is 6.61 Å². The molecule has 3 nitrogen and oxygen atoms in total. The Morgan fingerprint density at radius 3 is 2.67 bits per heavy atom. The molecule has 0 amide bonds.